The molecular formula is C13H24N2. The van der Waals surface area contributed by atoms with Crippen LogP contribution in [0.15, 0.2) is 0 Å². The van der Waals surface area contributed by atoms with E-state index in [9.17, 15) is 0 Å². The summed E-state index contributed by atoms with van der Waals surface area (Å²) in [5, 5.41) is 3.59. The van der Waals surface area contributed by atoms with Gasteiger partial charge in [-0.25, -0.2) is 0 Å². The Morgan fingerprint density at radius 1 is 1.13 bits per heavy atom. The smallest absolute Gasteiger partial charge is 0.0304 e. The van der Waals surface area contributed by atoms with Crippen LogP contribution < -0.4 is 11.1 Å². The van der Waals surface area contributed by atoms with E-state index in [-0.39, 0.29) is 5.54 Å². The number of hydrogen-bond acceptors (Lipinski definition) is 2. The van der Waals surface area contributed by atoms with Gasteiger partial charge in [-0.1, -0.05) is 32.1 Å². The van der Waals surface area contributed by atoms with Crippen LogP contribution in [-0.4, -0.2) is 18.6 Å². The van der Waals surface area contributed by atoms with Crippen LogP contribution in [0.4, 0.5) is 0 Å². The number of hydrogen-bond donors (Lipinski definition) is 2. The Labute approximate surface area is 94.0 Å². The minimum atomic E-state index is 0.178. The third-order valence-electron chi connectivity index (χ3n) is 3.47. The molecule has 3 N–H and O–H groups in total. The first kappa shape index (κ1) is 12.5. The van der Waals surface area contributed by atoms with Gasteiger partial charge in [0.25, 0.3) is 0 Å². The Morgan fingerprint density at radius 3 is 2.27 bits per heavy atom. The molecule has 0 aromatic heterocycles. The molecule has 86 valence electrons. The number of rotatable bonds is 4. The maximum atomic E-state index is 5.93. The van der Waals surface area contributed by atoms with E-state index < -0.39 is 0 Å². The first-order valence-corrected chi connectivity index (χ1v) is 6.21. The first-order chi connectivity index (χ1) is 7.33. The highest BCUT2D eigenvalue weighted by molar-refractivity contribution is 4.92. The molecule has 0 aliphatic heterocycles. The summed E-state index contributed by atoms with van der Waals surface area (Å²) in [6.07, 6.45) is 15.2. The average molecular weight is 208 g/mol. The summed E-state index contributed by atoms with van der Waals surface area (Å²) in [7, 11) is 0. The van der Waals surface area contributed by atoms with Gasteiger partial charge in [-0.15, -0.1) is 12.3 Å². The van der Waals surface area contributed by atoms with Crippen molar-refractivity contribution in [2.45, 2.75) is 56.9 Å². The fraction of sp³-hybridized carbons (Fsp3) is 0.846. The van der Waals surface area contributed by atoms with Crippen LogP contribution in [-0.2, 0) is 0 Å². The Hall–Kier alpha value is -0.520. The van der Waals surface area contributed by atoms with Gasteiger partial charge in [-0.2, -0.15) is 0 Å². The fourth-order valence-corrected chi connectivity index (χ4v) is 2.44. The minimum Gasteiger partial charge on any atom is -0.329 e. The highest BCUT2D eigenvalue weighted by atomic mass is 15.0. The van der Waals surface area contributed by atoms with E-state index in [4.69, 9.17) is 12.2 Å². The van der Waals surface area contributed by atoms with Crippen LogP contribution in [0.3, 0.4) is 0 Å². The van der Waals surface area contributed by atoms with Crippen molar-refractivity contribution in [3.05, 3.63) is 0 Å². The third-order valence-corrected chi connectivity index (χ3v) is 3.47. The van der Waals surface area contributed by atoms with Gasteiger partial charge in [0.1, 0.15) is 0 Å². The SMILES string of the molecule is C#CCCNC1(CN)CCCCCCC1. The Balaban J connectivity index is 2.43. The lowest BCUT2D eigenvalue weighted by Gasteiger charge is -2.35. The molecule has 0 amide bonds. The van der Waals surface area contributed by atoms with Gasteiger partial charge in [-0.05, 0) is 12.8 Å². The zero-order valence-electron chi connectivity index (χ0n) is 9.73. The largest absolute Gasteiger partial charge is 0.329 e. The molecule has 0 heterocycles. The normalized spacial score (nSPS) is 21.3. The van der Waals surface area contributed by atoms with Crippen molar-refractivity contribution in [3.63, 3.8) is 0 Å². The maximum Gasteiger partial charge on any atom is 0.0304 e. The molecule has 0 unspecified atom stereocenters. The molecule has 1 aliphatic carbocycles. The standard InChI is InChI=1S/C13H24N2/c1-2-3-11-15-13(12-14)9-7-5-4-6-8-10-13/h1,15H,3-12,14H2. The van der Waals surface area contributed by atoms with Gasteiger partial charge in [-0.3, -0.25) is 0 Å². The lowest BCUT2D eigenvalue weighted by atomic mass is 9.84. The molecule has 0 aromatic rings. The third kappa shape index (κ3) is 4.24. The summed E-state index contributed by atoms with van der Waals surface area (Å²) >= 11 is 0. The van der Waals surface area contributed by atoms with Crippen LogP contribution in [0.1, 0.15) is 51.4 Å². The molecule has 1 rings (SSSR count). The first-order valence-electron chi connectivity index (χ1n) is 6.21. The van der Waals surface area contributed by atoms with Gasteiger partial charge in [0.15, 0.2) is 0 Å². The molecule has 15 heavy (non-hydrogen) atoms. The summed E-state index contributed by atoms with van der Waals surface area (Å²) in [5.74, 6) is 2.67. The molecule has 0 aromatic carbocycles. The molecule has 0 radical (unpaired) electrons. The van der Waals surface area contributed by atoms with Crippen molar-refractivity contribution in [1.82, 2.24) is 5.32 Å². The van der Waals surface area contributed by atoms with E-state index in [1.807, 2.05) is 0 Å². The van der Waals surface area contributed by atoms with E-state index in [0.717, 1.165) is 19.5 Å². The topological polar surface area (TPSA) is 38.0 Å². The van der Waals surface area contributed by atoms with Gasteiger partial charge in [0.05, 0.1) is 0 Å². The van der Waals surface area contributed by atoms with Gasteiger partial charge < -0.3 is 11.1 Å². The van der Waals surface area contributed by atoms with E-state index in [2.05, 4.69) is 11.2 Å². The lowest BCUT2D eigenvalue weighted by molar-refractivity contribution is 0.259. The predicted molar refractivity (Wildman–Crippen MR) is 65.6 cm³/mol. The molecule has 0 saturated heterocycles. The molecular weight excluding hydrogens is 184 g/mol. The van der Waals surface area contributed by atoms with Crippen molar-refractivity contribution in [1.29, 1.82) is 0 Å². The number of nitrogens with one attached hydrogen (secondary N) is 1. The van der Waals surface area contributed by atoms with Crippen LogP contribution >= 0.6 is 0 Å². The minimum absolute atomic E-state index is 0.178. The summed E-state index contributed by atoms with van der Waals surface area (Å²) in [4.78, 5) is 0. The van der Waals surface area contributed by atoms with Crippen LogP contribution in [0.2, 0.25) is 0 Å². The molecule has 0 bridgehead atoms. The second-order valence-corrected chi connectivity index (χ2v) is 4.63. The zero-order valence-corrected chi connectivity index (χ0v) is 9.73. The Kier molecular flexibility index (Phi) is 5.75. The average Bonchev–Trinajstić information content (AvgIpc) is 2.22. The van der Waals surface area contributed by atoms with Crippen LogP contribution in [0.5, 0.6) is 0 Å². The van der Waals surface area contributed by atoms with Crippen molar-refractivity contribution >= 4 is 0 Å². The molecule has 1 aliphatic rings. The second-order valence-electron chi connectivity index (χ2n) is 4.63. The summed E-state index contributed by atoms with van der Waals surface area (Å²) in [5.41, 5.74) is 6.10. The fourth-order valence-electron chi connectivity index (χ4n) is 2.44. The van der Waals surface area contributed by atoms with Crippen molar-refractivity contribution < 1.29 is 0 Å². The summed E-state index contributed by atoms with van der Waals surface area (Å²) in [6, 6.07) is 0. The second kappa shape index (κ2) is 6.87. The molecule has 1 saturated carbocycles. The van der Waals surface area contributed by atoms with Crippen molar-refractivity contribution in [2.24, 2.45) is 5.73 Å². The number of nitrogens with two attached hydrogens (primary N) is 1. The van der Waals surface area contributed by atoms with E-state index in [1.165, 1.54) is 44.9 Å². The van der Waals surface area contributed by atoms with Crippen molar-refractivity contribution in [3.8, 4) is 12.3 Å². The maximum absolute atomic E-state index is 5.93. The quantitative estimate of drug-likeness (QED) is 0.548. The van der Waals surface area contributed by atoms with Gasteiger partial charge in [0.2, 0.25) is 0 Å². The highest BCUT2D eigenvalue weighted by Crippen LogP contribution is 2.25. The summed E-state index contributed by atoms with van der Waals surface area (Å²) in [6.45, 7) is 1.66. The van der Waals surface area contributed by atoms with Crippen LogP contribution in [0.25, 0.3) is 0 Å². The van der Waals surface area contributed by atoms with E-state index in [0.29, 0.717) is 0 Å². The van der Waals surface area contributed by atoms with Gasteiger partial charge >= 0.3 is 0 Å². The van der Waals surface area contributed by atoms with E-state index in [1.54, 1.807) is 0 Å². The molecule has 0 atom stereocenters. The van der Waals surface area contributed by atoms with E-state index >= 15 is 0 Å². The predicted octanol–water partition coefficient (Wildman–Crippen LogP) is 2.04. The number of terminal acetylenes is 1. The molecule has 1 fully saturated rings. The van der Waals surface area contributed by atoms with Crippen LogP contribution in [0, 0.1) is 12.3 Å². The monoisotopic (exact) mass is 208 g/mol. The Morgan fingerprint density at radius 2 is 1.73 bits per heavy atom. The molecule has 2 nitrogen and oxygen atoms in total. The zero-order chi connectivity index (χ0) is 11.0. The highest BCUT2D eigenvalue weighted by Gasteiger charge is 2.27. The van der Waals surface area contributed by atoms with Gasteiger partial charge in [0, 0.05) is 25.0 Å². The Bertz CT molecular complexity index is 197. The van der Waals surface area contributed by atoms with Crippen molar-refractivity contribution in [2.75, 3.05) is 13.1 Å². The lowest BCUT2D eigenvalue weighted by Crippen LogP contribution is -2.51. The molecule has 0 spiro atoms. The molecule has 2 heteroatoms. The summed E-state index contributed by atoms with van der Waals surface area (Å²) < 4.78 is 0.